The largest absolute Gasteiger partial charge is 0.492 e. The number of fused-ring (bicyclic) bond motifs is 1. The smallest absolute Gasteiger partial charge is 0.235 e. The number of rotatable bonds is 2. The Kier molecular flexibility index (Phi) is 3.72. The monoisotopic (exact) mass is 345 g/mol. The van der Waals surface area contributed by atoms with E-state index in [1.165, 1.54) is 0 Å². The van der Waals surface area contributed by atoms with E-state index in [1.807, 2.05) is 50.2 Å². The van der Waals surface area contributed by atoms with Crippen LogP contribution in [0.15, 0.2) is 40.9 Å². The van der Waals surface area contributed by atoms with Crippen molar-refractivity contribution in [3.8, 4) is 5.75 Å². The van der Waals surface area contributed by atoms with Gasteiger partial charge in [-0.1, -0.05) is 34.1 Å². The number of carbonyl (C=O) groups is 1. The van der Waals surface area contributed by atoms with E-state index < -0.39 is 0 Å². The predicted molar refractivity (Wildman–Crippen MR) is 86.9 cm³/mol. The Morgan fingerprint density at radius 1 is 1.24 bits per heavy atom. The van der Waals surface area contributed by atoms with Crippen LogP contribution in [0.3, 0.4) is 0 Å². The first-order chi connectivity index (χ1) is 10.1. The van der Waals surface area contributed by atoms with Crippen molar-refractivity contribution in [1.29, 1.82) is 0 Å². The molecule has 3 rings (SSSR count). The highest BCUT2D eigenvalue weighted by Crippen LogP contribution is 2.34. The van der Waals surface area contributed by atoms with Gasteiger partial charge in [-0.3, -0.25) is 4.79 Å². The second-order valence-corrected chi connectivity index (χ2v) is 6.11. The molecule has 0 bridgehead atoms. The molecule has 1 atom stereocenters. The Balaban J connectivity index is 1.82. The van der Waals surface area contributed by atoms with Gasteiger partial charge in [-0.15, -0.1) is 0 Å². The Morgan fingerprint density at radius 3 is 2.62 bits per heavy atom. The Bertz CT molecular complexity index is 689. The maximum atomic E-state index is 12.5. The number of ether oxygens (including phenoxy) is 1. The molecule has 0 aliphatic carbocycles. The van der Waals surface area contributed by atoms with Crippen molar-refractivity contribution in [1.82, 2.24) is 0 Å². The summed E-state index contributed by atoms with van der Waals surface area (Å²) in [7, 11) is 0. The van der Waals surface area contributed by atoms with E-state index in [9.17, 15) is 4.79 Å². The van der Waals surface area contributed by atoms with Gasteiger partial charge < -0.3 is 10.1 Å². The highest BCUT2D eigenvalue weighted by atomic mass is 79.9. The molecule has 0 spiro atoms. The van der Waals surface area contributed by atoms with Gasteiger partial charge in [-0.05, 0) is 43.2 Å². The average Bonchev–Trinajstić information content (AvgIpc) is 2.88. The second-order valence-electron chi connectivity index (χ2n) is 5.31. The van der Waals surface area contributed by atoms with Crippen molar-refractivity contribution in [2.45, 2.75) is 19.8 Å². The molecule has 1 amide bonds. The minimum Gasteiger partial charge on any atom is -0.492 e. The molecular weight excluding hydrogens is 330 g/mol. The summed E-state index contributed by atoms with van der Waals surface area (Å²) in [5.74, 6) is 0.535. The molecule has 1 N–H and O–H groups in total. The fourth-order valence-electron chi connectivity index (χ4n) is 2.63. The number of para-hydroxylation sites is 1. The summed E-state index contributed by atoms with van der Waals surface area (Å²) in [6, 6.07) is 11.6. The maximum absolute atomic E-state index is 12.5. The fourth-order valence-corrected chi connectivity index (χ4v) is 2.86. The number of hydrogen-bond donors (Lipinski definition) is 1. The minimum atomic E-state index is -0.245. The lowest BCUT2D eigenvalue weighted by molar-refractivity contribution is -0.117. The van der Waals surface area contributed by atoms with E-state index >= 15 is 0 Å². The molecule has 3 nitrogen and oxygen atoms in total. The number of halogens is 1. The molecule has 1 heterocycles. The molecule has 0 radical (unpaired) electrons. The zero-order valence-electron chi connectivity index (χ0n) is 11.9. The van der Waals surface area contributed by atoms with Crippen molar-refractivity contribution in [3.05, 3.63) is 57.6 Å². The van der Waals surface area contributed by atoms with E-state index in [0.29, 0.717) is 6.61 Å². The Labute approximate surface area is 132 Å². The van der Waals surface area contributed by atoms with Gasteiger partial charge in [0.25, 0.3) is 0 Å². The molecule has 0 fully saturated rings. The minimum absolute atomic E-state index is 0.0268. The van der Waals surface area contributed by atoms with Gasteiger partial charge in [0.15, 0.2) is 0 Å². The van der Waals surface area contributed by atoms with Crippen LogP contribution in [0, 0.1) is 13.8 Å². The molecule has 108 valence electrons. The molecule has 0 aromatic heterocycles. The Hall–Kier alpha value is -1.81. The lowest BCUT2D eigenvalue weighted by Crippen LogP contribution is -2.22. The summed E-state index contributed by atoms with van der Waals surface area (Å²) < 4.78 is 6.65. The van der Waals surface area contributed by atoms with E-state index in [0.717, 1.165) is 32.6 Å². The maximum Gasteiger partial charge on any atom is 0.235 e. The van der Waals surface area contributed by atoms with Crippen LogP contribution < -0.4 is 10.1 Å². The summed E-state index contributed by atoms with van der Waals surface area (Å²) >= 11 is 3.53. The van der Waals surface area contributed by atoms with E-state index in [4.69, 9.17) is 4.74 Å². The standard InChI is InChI=1S/C17H16BrNO2/c1-10-7-12(8-11(2)16(10)18)19-17(20)14-9-21-15-6-4-3-5-13(14)15/h3-8,14H,9H2,1-2H3,(H,19,20). The van der Waals surface area contributed by atoms with Crippen molar-refractivity contribution >= 4 is 27.5 Å². The van der Waals surface area contributed by atoms with Crippen LogP contribution in [0.1, 0.15) is 22.6 Å². The van der Waals surface area contributed by atoms with Crippen LogP contribution in [-0.4, -0.2) is 12.5 Å². The fraction of sp³-hybridized carbons (Fsp3) is 0.235. The number of carbonyl (C=O) groups excluding carboxylic acids is 1. The quantitative estimate of drug-likeness (QED) is 0.886. The van der Waals surface area contributed by atoms with Crippen molar-refractivity contribution in [2.75, 3.05) is 11.9 Å². The highest BCUT2D eigenvalue weighted by molar-refractivity contribution is 9.10. The first-order valence-electron chi connectivity index (χ1n) is 6.85. The van der Waals surface area contributed by atoms with Gasteiger partial charge in [-0.25, -0.2) is 0 Å². The first-order valence-corrected chi connectivity index (χ1v) is 7.65. The third-order valence-corrected chi connectivity index (χ3v) is 4.97. The van der Waals surface area contributed by atoms with Crippen LogP contribution in [0.25, 0.3) is 0 Å². The number of benzene rings is 2. The molecule has 2 aromatic carbocycles. The number of nitrogens with one attached hydrogen (secondary N) is 1. The highest BCUT2D eigenvalue weighted by Gasteiger charge is 2.30. The van der Waals surface area contributed by atoms with Crippen molar-refractivity contribution < 1.29 is 9.53 Å². The van der Waals surface area contributed by atoms with Crippen LogP contribution in [0.4, 0.5) is 5.69 Å². The van der Waals surface area contributed by atoms with Crippen LogP contribution in [-0.2, 0) is 4.79 Å². The van der Waals surface area contributed by atoms with Crippen LogP contribution >= 0.6 is 15.9 Å². The molecule has 1 aliphatic heterocycles. The number of anilines is 1. The first kappa shape index (κ1) is 14.1. The topological polar surface area (TPSA) is 38.3 Å². The lowest BCUT2D eigenvalue weighted by atomic mass is 10.0. The molecule has 0 saturated carbocycles. The average molecular weight is 346 g/mol. The summed E-state index contributed by atoms with van der Waals surface area (Å²) in [6.45, 7) is 4.43. The van der Waals surface area contributed by atoms with Crippen molar-refractivity contribution in [2.24, 2.45) is 0 Å². The summed E-state index contributed by atoms with van der Waals surface area (Å²) in [5.41, 5.74) is 3.99. The van der Waals surface area contributed by atoms with Crippen molar-refractivity contribution in [3.63, 3.8) is 0 Å². The molecule has 2 aromatic rings. The van der Waals surface area contributed by atoms with Gasteiger partial charge in [0.05, 0.1) is 0 Å². The lowest BCUT2D eigenvalue weighted by Gasteiger charge is -2.12. The van der Waals surface area contributed by atoms with Gasteiger partial charge in [0.2, 0.25) is 5.91 Å². The SMILES string of the molecule is Cc1cc(NC(=O)C2COc3ccccc32)cc(C)c1Br. The second kappa shape index (κ2) is 5.53. The van der Waals surface area contributed by atoms with Gasteiger partial charge in [0.1, 0.15) is 18.3 Å². The zero-order valence-corrected chi connectivity index (χ0v) is 13.5. The summed E-state index contributed by atoms with van der Waals surface area (Å²) in [5, 5.41) is 2.99. The van der Waals surface area contributed by atoms with E-state index in [-0.39, 0.29) is 11.8 Å². The van der Waals surface area contributed by atoms with E-state index in [2.05, 4.69) is 21.2 Å². The van der Waals surface area contributed by atoms with Crippen LogP contribution in [0.2, 0.25) is 0 Å². The normalized spacial score (nSPS) is 16.2. The number of hydrogen-bond acceptors (Lipinski definition) is 2. The summed E-state index contributed by atoms with van der Waals surface area (Å²) in [4.78, 5) is 12.5. The van der Waals surface area contributed by atoms with Gasteiger partial charge >= 0.3 is 0 Å². The third-order valence-electron chi connectivity index (χ3n) is 3.72. The van der Waals surface area contributed by atoms with Gasteiger partial charge in [0, 0.05) is 15.7 Å². The molecule has 0 saturated heterocycles. The number of amides is 1. The molecule has 1 aliphatic rings. The van der Waals surface area contributed by atoms with Crippen LogP contribution in [0.5, 0.6) is 5.75 Å². The summed E-state index contributed by atoms with van der Waals surface area (Å²) in [6.07, 6.45) is 0. The van der Waals surface area contributed by atoms with Gasteiger partial charge in [-0.2, -0.15) is 0 Å². The molecule has 4 heteroatoms. The predicted octanol–water partition coefficient (Wildman–Crippen LogP) is 4.18. The number of aryl methyl sites for hydroxylation is 2. The van der Waals surface area contributed by atoms with E-state index in [1.54, 1.807) is 0 Å². The molecule has 1 unspecified atom stereocenters. The molecule has 21 heavy (non-hydrogen) atoms. The molecular formula is C17H16BrNO2. The Morgan fingerprint density at radius 2 is 1.90 bits per heavy atom. The third kappa shape index (κ3) is 2.68. The zero-order chi connectivity index (χ0) is 15.0.